The SMILES string of the molecule is CNCc1ccc(Br)cc1N1CC(OC)C(OC)C1. The highest BCUT2D eigenvalue weighted by Gasteiger charge is 2.33. The monoisotopic (exact) mass is 328 g/mol. The average molecular weight is 329 g/mol. The quantitative estimate of drug-likeness (QED) is 0.896. The molecule has 1 aliphatic heterocycles. The summed E-state index contributed by atoms with van der Waals surface area (Å²) in [5.41, 5.74) is 2.53. The van der Waals surface area contributed by atoms with Gasteiger partial charge in [0, 0.05) is 44.0 Å². The van der Waals surface area contributed by atoms with Gasteiger partial charge in [0.15, 0.2) is 0 Å². The fourth-order valence-corrected chi connectivity index (χ4v) is 2.91. The minimum atomic E-state index is 0.131. The molecule has 19 heavy (non-hydrogen) atoms. The summed E-state index contributed by atoms with van der Waals surface area (Å²) in [5.74, 6) is 0. The van der Waals surface area contributed by atoms with Crippen LogP contribution in [0.15, 0.2) is 22.7 Å². The lowest BCUT2D eigenvalue weighted by Crippen LogP contribution is -2.27. The van der Waals surface area contributed by atoms with Crippen molar-refractivity contribution < 1.29 is 9.47 Å². The fourth-order valence-electron chi connectivity index (χ4n) is 2.56. The Bertz CT molecular complexity index is 416. The zero-order chi connectivity index (χ0) is 13.8. The normalized spacial score (nSPS) is 23.1. The molecular formula is C14H21BrN2O2. The predicted octanol–water partition coefficient (Wildman–Crippen LogP) is 2.02. The molecule has 1 saturated heterocycles. The molecule has 1 heterocycles. The van der Waals surface area contributed by atoms with E-state index in [0.29, 0.717) is 0 Å². The van der Waals surface area contributed by atoms with E-state index in [-0.39, 0.29) is 12.2 Å². The van der Waals surface area contributed by atoms with E-state index in [1.807, 2.05) is 7.05 Å². The van der Waals surface area contributed by atoms with Crippen molar-refractivity contribution in [2.24, 2.45) is 0 Å². The van der Waals surface area contributed by atoms with Crippen LogP contribution >= 0.6 is 15.9 Å². The molecule has 0 radical (unpaired) electrons. The number of nitrogens with one attached hydrogen (secondary N) is 1. The molecule has 1 aromatic carbocycles. The zero-order valence-corrected chi connectivity index (χ0v) is 13.2. The predicted molar refractivity (Wildman–Crippen MR) is 80.7 cm³/mol. The van der Waals surface area contributed by atoms with E-state index in [0.717, 1.165) is 24.1 Å². The summed E-state index contributed by atoms with van der Waals surface area (Å²) < 4.78 is 12.1. The van der Waals surface area contributed by atoms with Crippen molar-refractivity contribution in [1.82, 2.24) is 5.32 Å². The lowest BCUT2D eigenvalue weighted by Gasteiger charge is -2.22. The zero-order valence-electron chi connectivity index (χ0n) is 11.6. The highest BCUT2D eigenvalue weighted by molar-refractivity contribution is 9.10. The fraction of sp³-hybridized carbons (Fsp3) is 0.571. The number of methoxy groups -OCH3 is 2. The Hall–Kier alpha value is -0.620. The van der Waals surface area contributed by atoms with Crippen molar-refractivity contribution in [3.8, 4) is 0 Å². The van der Waals surface area contributed by atoms with Crippen LogP contribution in [0.25, 0.3) is 0 Å². The van der Waals surface area contributed by atoms with E-state index in [1.165, 1.54) is 11.3 Å². The largest absolute Gasteiger partial charge is 0.377 e. The Balaban J connectivity index is 2.24. The number of ether oxygens (including phenoxy) is 2. The van der Waals surface area contributed by atoms with Gasteiger partial charge in [0.2, 0.25) is 0 Å². The highest BCUT2D eigenvalue weighted by atomic mass is 79.9. The van der Waals surface area contributed by atoms with Gasteiger partial charge in [-0.15, -0.1) is 0 Å². The number of hydrogen-bond acceptors (Lipinski definition) is 4. The molecule has 0 bridgehead atoms. The van der Waals surface area contributed by atoms with Crippen LogP contribution < -0.4 is 10.2 Å². The molecule has 1 aliphatic rings. The first kappa shape index (κ1) is 14.8. The molecule has 5 heteroatoms. The van der Waals surface area contributed by atoms with E-state index in [9.17, 15) is 0 Å². The molecule has 2 atom stereocenters. The summed E-state index contributed by atoms with van der Waals surface area (Å²) in [7, 11) is 5.46. The van der Waals surface area contributed by atoms with Crippen LogP contribution in [-0.2, 0) is 16.0 Å². The third-order valence-electron chi connectivity index (χ3n) is 3.58. The Morgan fingerprint density at radius 3 is 2.42 bits per heavy atom. The van der Waals surface area contributed by atoms with Crippen LogP contribution in [0.5, 0.6) is 0 Å². The third-order valence-corrected chi connectivity index (χ3v) is 4.07. The first-order chi connectivity index (χ1) is 9.19. The van der Waals surface area contributed by atoms with Crippen molar-refractivity contribution in [3.05, 3.63) is 28.2 Å². The van der Waals surface area contributed by atoms with E-state index >= 15 is 0 Å². The van der Waals surface area contributed by atoms with Crippen molar-refractivity contribution in [2.45, 2.75) is 18.8 Å². The maximum absolute atomic E-state index is 5.50. The molecule has 0 aromatic heterocycles. The molecule has 2 unspecified atom stereocenters. The van der Waals surface area contributed by atoms with Gasteiger partial charge in [-0.3, -0.25) is 0 Å². The summed E-state index contributed by atoms with van der Waals surface area (Å²) in [4.78, 5) is 2.33. The summed E-state index contributed by atoms with van der Waals surface area (Å²) >= 11 is 3.55. The molecule has 0 amide bonds. The number of nitrogens with zero attached hydrogens (tertiary/aromatic N) is 1. The second-order valence-corrected chi connectivity index (χ2v) is 5.67. The Kier molecular flexibility index (Phi) is 5.21. The minimum Gasteiger partial charge on any atom is -0.377 e. The van der Waals surface area contributed by atoms with E-state index in [2.05, 4.69) is 44.3 Å². The molecule has 1 fully saturated rings. The summed E-state index contributed by atoms with van der Waals surface area (Å²) in [6, 6.07) is 6.39. The molecular weight excluding hydrogens is 308 g/mol. The van der Waals surface area contributed by atoms with Crippen molar-refractivity contribution in [3.63, 3.8) is 0 Å². The molecule has 1 N–H and O–H groups in total. The van der Waals surface area contributed by atoms with Gasteiger partial charge in [0.1, 0.15) is 12.2 Å². The average Bonchev–Trinajstić information content (AvgIpc) is 2.84. The smallest absolute Gasteiger partial charge is 0.102 e. The van der Waals surface area contributed by atoms with Crippen LogP contribution in [-0.4, -0.2) is 46.6 Å². The molecule has 0 aliphatic carbocycles. The molecule has 4 nitrogen and oxygen atoms in total. The Labute approximate surface area is 123 Å². The molecule has 106 valence electrons. The summed E-state index contributed by atoms with van der Waals surface area (Å²) in [5, 5.41) is 3.21. The van der Waals surface area contributed by atoms with Crippen LogP contribution in [0.1, 0.15) is 5.56 Å². The van der Waals surface area contributed by atoms with Crippen LogP contribution in [0.2, 0.25) is 0 Å². The molecule has 0 spiro atoms. The molecule has 2 rings (SSSR count). The van der Waals surface area contributed by atoms with E-state index in [4.69, 9.17) is 9.47 Å². The van der Waals surface area contributed by atoms with Gasteiger partial charge in [-0.05, 0) is 24.7 Å². The van der Waals surface area contributed by atoms with Crippen LogP contribution in [0, 0.1) is 0 Å². The lowest BCUT2D eigenvalue weighted by molar-refractivity contribution is -0.00461. The summed E-state index contributed by atoms with van der Waals surface area (Å²) in [6.07, 6.45) is 0.262. The van der Waals surface area contributed by atoms with Crippen molar-refractivity contribution >= 4 is 21.6 Å². The van der Waals surface area contributed by atoms with Crippen molar-refractivity contribution in [2.75, 3.05) is 39.3 Å². The van der Waals surface area contributed by atoms with Gasteiger partial charge >= 0.3 is 0 Å². The second kappa shape index (κ2) is 6.70. The first-order valence-corrected chi connectivity index (χ1v) is 7.22. The number of rotatable bonds is 5. The maximum Gasteiger partial charge on any atom is 0.102 e. The van der Waals surface area contributed by atoms with E-state index < -0.39 is 0 Å². The minimum absolute atomic E-state index is 0.131. The first-order valence-electron chi connectivity index (χ1n) is 6.43. The van der Waals surface area contributed by atoms with Crippen LogP contribution in [0.3, 0.4) is 0 Å². The third kappa shape index (κ3) is 3.28. The van der Waals surface area contributed by atoms with Gasteiger partial charge in [0.05, 0.1) is 0 Å². The highest BCUT2D eigenvalue weighted by Crippen LogP contribution is 2.29. The van der Waals surface area contributed by atoms with Gasteiger partial charge < -0.3 is 19.7 Å². The number of benzene rings is 1. The standard InChI is InChI=1S/C14H21BrN2O2/c1-16-7-10-4-5-11(15)6-12(10)17-8-13(18-2)14(9-17)19-3/h4-6,13-14,16H,7-9H2,1-3H3. The number of halogens is 1. The maximum atomic E-state index is 5.50. The number of hydrogen-bond donors (Lipinski definition) is 1. The second-order valence-electron chi connectivity index (χ2n) is 4.76. The molecule has 1 aromatic rings. The summed E-state index contributed by atoms with van der Waals surface area (Å²) in [6.45, 7) is 2.58. The number of anilines is 1. The Morgan fingerprint density at radius 2 is 1.89 bits per heavy atom. The lowest BCUT2D eigenvalue weighted by atomic mass is 10.1. The van der Waals surface area contributed by atoms with Crippen LogP contribution in [0.4, 0.5) is 5.69 Å². The van der Waals surface area contributed by atoms with Gasteiger partial charge in [-0.25, -0.2) is 0 Å². The molecule has 0 saturated carbocycles. The van der Waals surface area contributed by atoms with E-state index in [1.54, 1.807) is 14.2 Å². The van der Waals surface area contributed by atoms with Crippen molar-refractivity contribution in [1.29, 1.82) is 0 Å². The topological polar surface area (TPSA) is 33.7 Å². The van der Waals surface area contributed by atoms with Gasteiger partial charge in [0.25, 0.3) is 0 Å². The Morgan fingerprint density at radius 1 is 1.26 bits per heavy atom. The van der Waals surface area contributed by atoms with Gasteiger partial charge in [-0.1, -0.05) is 22.0 Å². The van der Waals surface area contributed by atoms with Gasteiger partial charge in [-0.2, -0.15) is 0 Å².